The summed E-state index contributed by atoms with van der Waals surface area (Å²) in [5.41, 5.74) is 1.44. The first-order valence-electron chi connectivity index (χ1n) is 4.07. The maximum Gasteiger partial charge on any atom is 0.278 e. The first-order chi connectivity index (χ1) is 6.36. The third kappa shape index (κ3) is 0.875. The lowest BCUT2D eigenvalue weighted by molar-refractivity contribution is 0.668. The van der Waals surface area contributed by atoms with Gasteiger partial charge in [0, 0.05) is 18.5 Å². The highest BCUT2D eigenvalue weighted by molar-refractivity contribution is 7.99. The monoisotopic (exact) mass is 193 g/mol. The van der Waals surface area contributed by atoms with Gasteiger partial charge >= 0.3 is 0 Å². The van der Waals surface area contributed by atoms with Crippen molar-refractivity contribution >= 4 is 22.8 Å². The van der Waals surface area contributed by atoms with Crippen molar-refractivity contribution in [3.05, 3.63) is 22.6 Å². The van der Waals surface area contributed by atoms with Gasteiger partial charge in [-0.05, 0) is 6.07 Å². The molecule has 0 fully saturated rings. The van der Waals surface area contributed by atoms with E-state index in [4.69, 9.17) is 0 Å². The Labute approximate surface area is 78.0 Å². The van der Waals surface area contributed by atoms with E-state index in [1.54, 1.807) is 22.5 Å². The quantitative estimate of drug-likeness (QED) is 0.630. The molecule has 0 aliphatic carbocycles. The molecule has 0 radical (unpaired) electrons. The summed E-state index contributed by atoms with van der Waals surface area (Å²) >= 11 is 1.64. The maximum absolute atomic E-state index is 11.8. The van der Waals surface area contributed by atoms with Crippen LogP contribution in [0.5, 0.6) is 0 Å². The molecule has 0 amide bonds. The van der Waals surface area contributed by atoms with Crippen LogP contribution in [0.1, 0.15) is 0 Å². The molecule has 0 aromatic carbocycles. The molecule has 3 rings (SSSR count). The lowest BCUT2D eigenvalue weighted by atomic mass is 10.4. The number of aromatic nitrogens is 3. The second kappa shape index (κ2) is 2.38. The molecule has 2 aromatic heterocycles. The number of hydrogen-bond donors (Lipinski definition) is 1. The van der Waals surface area contributed by atoms with Gasteiger partial charge in [0.25, 0.3) is 5.56 Å². The standard InChI is InChI=1S/C8H7N3OS/c12-7-6-5(1-2-9-6)10-8-11(7)3-4-13-8/h1-2,9H,3-4H2. The van der Waals surface area contributed by atoms with E-state index in [0.717, 1.165) is 23.0 Å². The Morgan fingerprint density at radius 2 is 2.54 bits per heavy atom. The summed E-state index contributed by atoms with van der Waals surface area (Å²) in [4.78, 5) is 19.0. The summed E-state index contributed by atoms with van der Waals surface area (Å²) in [5.74, 6) is 0.953. The zero-order valence-corrected chi connectivity index (χ0v) is 7.60. The Morgan fingerprint density at radius 1 is 1.62 bits per heavy atom. The van der Waals surface area contributed by atoms with E-state index < -0.39 is 0 Å². The van der Waals surface area contributed by atoms with Crippen LogP contribution in [-0.2, 0) is 6.54 Å². The van der Waals surface area contributed by atoms with Crippen molar-refractivity contribution < 1.29 is 0 Å². The van der Waals surface area contributed by atoms with Crippen LogP contribution in [-0.4, -0.2) is 20.3 Å². The van der Waals surface area contributed by atoms with E-state index in [1.165, 1.54) is 0 Å². The molecular weight excluding hydrogens is 186 g/mol. The number of nitrogens with zero attached hydrogens (tertiary/aromatic N) is 2. The van der Waals surface area contributed by atoms with Gasteiger partial charge in [0.2, 0.25) is 0 Å². The lowest BCUT2D eigenvalue weighted by Gasteiger charge is -1.99. The number of rotatable bonds is 0. The molecule has 66 valence electrons. The first kappa shape index (κ1) is 7.20. The van der Waals surface area contributed by atoms with Gasteiger partial charge in [-0.1, -0.05) is 11.8 Å². The van der Waals surface area contributed by atoms with Crippen LogP contribution in [0.25, 0.3) is 11.0 Å². The molecule has 13 heavy (non-hydrogen) atoms. The molecule has 0 spiro atoms. The molecular formula is C8H7N3OS. The van der Waals surface area contributed by atoms with Gasteiger partial charge in [-0.2, -0.15) is 0 Å². The second-order valence-electron chi connectivity index (χ2n) is 2.94. The summed E-state index contributed by atoms with van der Waals surface area (Å²) in [7, 11) is 0. The van der Waals surface area contributed by atoms with Gasteiger partial charge in [0.15, 0.2) is 5.16 Å². The molecule has 0 bridgehead atoms. The van der Waals surface area contributed by atoms with Crippen molar-refractivity contribution in [2.45, 2.75) is 11.7 Å². The molecule has 1 aliphatic rings. The minimum atomic E-state index is 0.0509. The number of fused-ring (bicyclic) bond motifs is 2. The Kier molecular flexibility index (Phi) is 1.32. The molecule has 1 N–H and O–H groups in total. The molecule has 2 aromatic rings. The third-order valence-corrected chi connectivity index (χ3v) is 3.13. The molecule has 1 aliphatic heterocycles. The molecule has 0 saturated heterocycles. The van der Waals surface area contributed by atoms with Gasteiger partial charge in [-0.3, -0.25) is 9.36 Å². The molecule has 5 heteroatoms. The smallest absolute Gasteiger partial charge is 0.278 e. The number of thioether (sulfide) groups is 1. The van der Waals surface area contributed by atoms with Crippen LogP contribution < -0.4 is 5.56 Å². The predicted molar refractivity (Wildman–Crippen MR) is 51.1 cm³/mol. The fourth-order valence-electron chi connectivity index (χ4n) is 1.55. The number of aromatic amines is 1. The highest BCUT2D eigenvalue weighted by Gasteiger charge is 2.16. The summed E-state index contributed by atoms with van der Waals surface area (Å²) in [6.07, 6.45) is 1.75. The number of hydrogen-bond acceptors (Lipinski definition) is 3. The van der Waals surface area contributed by atoms with Crippen molar-refractivity contribution in [2.75, 3.05) is 5.75 Å². The topological polar surface area (TPSA) is 50.7 Å². The Bertz CT molecular complexity index is 528. The normalized spacial score (nSPS) is 15.1. The van der Waals surface area contributed by atoms with E-state index >= 15 is 0 Å². The molecule has 0 saturated carbocycles. The minimum Gasteiger partial charge on any atom is -0.355 e. The predicted octanol–water partition coefficient (Wildman–Crippen LogP) is 0.830. The minimum absolute atomic E-state index is 0.0509. The van der Waals surface area contributed by atoms with Gasteiger partial charge in [-0.15, -0.1) is 0 Å². The highest BCUT2D eigenvalue weighted by Crippen LogP contribution is 2.22. The van der Waals surface area contributed by atoms with Crippen LogP contribution >= 0.6 is 11.8 Å². The van der Waals surface area contributed by atoms with Crippen molar-refractivity contribution in [3.8, 4) is 0 Å². The summed E-state index contributed by atoms with van der Waals surface area (Å²) in [6, 6.07) is 1.83. The van der Waals surface area contributed by atoms with E-state index in [0.29, 0.717) is 5.52 Å². The maximum atomic E-state index is 11.8. The van der Waals surface area contributed by atoms with Crippen LogP contribution in [0.3, 0.4) is 0 Å². The largest absolute Gasteiger partial charge is 0.355 e. The molecule has 4 nitrogen and oxygen atoms in total. The van der Waals surface area contributed by atoms with Crippen LogP contribution in [0.15, 0.2) is 22.2 Å². The fraction of sp³-hybridized carbons (Fsp3) is 0.250. The Balaban J connectivity index is 2.53. The van der Waals surface area contributed by atoms with Crippen molar-refractivity contribution in [1.29, 1.82) is 0 Å². The van der Waals surface area contributed by atoms with Gasteiger partial charge in [0.1, 0.15) is 5.52 Å². The van der Waals surface area contributed by atoms with Gasteiger partial charge in [0.05, 0.1) is 5.52 Å². The third-order valence-electron chi connectivity index (χ3n) is 2.18. The highest BCUT2D eigenvalue weighted by atomic mass is 32.2. The lowest BCUT2D eigenvalue weighted by Crippen LogP contribution is -2.20. The fourth-order valence-corrected chi connectivity index (χ4v) is 2.50. The number of H-pyrrole nitrogens is 1. The van der Waals surface area contributed by atoms with E-state index in [-0.39, 0.29) is 5.56 Å². The van der Waals surface area contributed by atoms with E-state index in [9.17, 15) is 4.79 Å². The van der Waals surface area contributed by atoms with E-state index in [2.05, 4.69) is 9.97 Å². The molecule has 3 heterocycles. The second-order valence-corrected chi connectivity index (χ2v) is 4.00. The molecule has 0 unspecified atom stereocenters. The number of nitrogens with one attached hydrogen (secondary N) is 1. The average molecular weight is 193 g/mol. The zero-order chi connectivity index (χ0) is 8.84. The van der Waals surface area contributed by atoms with Gasteiger partial charge < -0.3 is 4.98 Å². The Hall–Kier alpha value is -1.23. The Morgan fingerprint density at radius 3 is 3.46 bits per heavy atom. The average Bonchev–Trinajstić information content (AvgIpc) is 2.71. The van der Waals surface area contributed by atoms with Crippen LogP contribution in [0.2, 0.25) is 0 Å². The molecule has 0 atom stereocenters. The van der Waals surface area contributed by atoms with Crippen molar-refractivity contribution in [3.63, 3.8) is 0 Å². The summed E-state index contributed by atoms with van der Waals surface area (Å²) < 4.78 is 1.73. The van der Waals surface area contributed by atoms with Crippen LogP contribution in [0, 0.1) is 0 Å². The SMILES string of the molecule is O=c1c2[nH]ccc2nc2n1CCS2. The summed E-state index contributed by atoms with van der Waals surface area (Å²) in [5, 5.41) is 0.845. The zero-order valence-electron chi connectivity index (χ0n) is 6.78. The van der Waals surface area contributed by atoms with Crippen molar-refractivity contribution in [2.24, 2.45) is 0 Å². The summed E-state index contributed by atoms with van der Waals surface area (Å²) in [6.45, 7) is 0.779. The van der Waals surface area contributed by atoms with Gasteiger partial charge in [-0.25, -0.2) is 4.98 Å². The van der Waals surface area contributed by atoms with Crippen molar-refractivity contribution in [1.82, 2.24) is 14.5 Å². The first-order valence-corrected chi connectivity index (χ1v) is 5.05. The van der Waals surface area contributed by atoms with E-state index in [1.807, 2.05) is 6.07 Å². The van der Waals surface area contributed by atoms with Crippen LogP contribution in [0.4, 0.5) is 0 Å².